The number of hydrogen-bond acceptors (Lipinski definition) is 5. The number of thioether (sulfide) groups is 2. The molecule has 2 aromatic rings. The molecule has 0 aliphatic heterocycles. The monoisotopic (exact) mass is 296 g/mol. The molecule has 0 unspecified atom stereocenters. The second-order valence-electron chi connectivity index (χ2n) is 3.49. The summed E-state index contributed by atoms with van der Waals surface area (Å²) >= 11 is 4.40. The lowest BCUT2D eigenvalue weighted by Crippen LogP contribution is -2.12. The maximum Gasteiger partial charge on any atom is 0.253 e. The molecular weight excluding hydrogens is 284 g/mol. The number of primary amides is 1. The van der Waals surface area contributed by atoms with Crippen LogP contribution in [0.3, 0.4) is 0 Å². The lowest BCUT2D eigenvalue weighted by molar-refractivity contribution is 0.0995. The number of amides is 1. The summed E-state index contributed by atoms with van der Waals surface area (Å²) in [7, 11) is 0. The van der Waals surface area contributed by atoms with Crippen LogP contribution in [-0.2, 0) is 5.75 Å². The summed E-state index contributed by atoms with van der Waals surface area (Å²) < 4.78 is 5.15. The van der Waals surface area contributed by atoms with Crippen LogP contribution in [-0.4, -0.2) is 16.5 Å². The van der Waals surface area contributed by atoms with Gasteiger partial charge in [0.15, 0.2) is 0 Å². The third kappa shape index (κ3) is 3.07. The van der Waals surface area contributed by atoms with Crippen LogP contribution in [0.5, 0.6) is 0 Å². The van der Waals surface area contributed by atoms with Crippen LogP contribution in [0.2, 0.25) is 0 Å². The van der Waals surface area contributed by atoms with Crippen molar-refractivity contribution in [3.8, 4) is 0 Å². The van der Waals surface area contributed by atoms with Gasteiger partial charge < -0.3 is 5.73 Å². The summed E-state index contributed by atoms with van der Waals surface area (Å²) in [6, 6.07) is 10.1. The molecule has 0 atom stereocenters. The SMILES string of the molecule is CSc1nsc(SCc2ccccc2)c1C(N)=O. The number of hydrogen-bond donors (Lipinski definition) is 1. The maximum atomic E-state index is 11.4. The average Bonchev–Trinajstić information content (AvgIpc) is 2.80. The van der Waals surface area contributed by atoms with Gasteiger partial charge >= 0.3 is 0 Å². The van der Waals surface area contributed by atoms with Crippen LogP contribution in [0.1, 0.15) is 15.9 Å². The molecule has 0 spiro atoms. The van der Waals surface area contributed by atoms with Crippen LogP contribution in [0.25, 0.3) is 0 Å². The third-order valence-corrected chi connectivity index (χ3v) is 5.24. The molecule has 0 aliphatic rings. The normalized spacial score (nSPS) is 10.5. The molecule has 3 nitrogen and oxygen atoms in total. The van der Waals surface area contributed by atoms with E-state index in [-0.39, 0.29) is 0 Å². The topological polar surface area (TPSA) is 56.0 Å². The summed E-state index contributed by atoms with van der Waals surface area (Å²) in [6.07, 6.45) is 1.90. The lowest BCUT2D eigenvalue weighted by Gasteiger charge is -2.01. The van der Waals surface area contributed by atoms with Gasteiger partial charge in [0.05, 0.1) is 9.77 Å². The minimum Gasteiger partial charge on any atom is -0.365 e. The van der Waals surface area contributed by atoms with Crippen molar-refractivity contribution in [2.24, 2.45) is 5.73 Å². The fraction of sp³-hybridized carbons (Fsp3) is 0.167. The van der Waals surface area contributed by atoms with E-state index in [9.17, 15) is 4.79 Å². The van der Waals surface area contributed by atoms with Gasteiger partial charge in [0, 0.05) is 5.75 Å². The molecule has 0 aliphatic carbocycles. The highest BCUT2D eigenvalue weighted by Crippen LogP contribution is 2.35. The number of carbonyl (C=O) groups is 1. The smallest absolute Gasteiger partial charge is 0.253 e. The third-order valence-electron chi connectivity index (χ3n) is 2.28. The van der Waals surface area contributed by atoms with Crippen LogP contribution >= 0.6 is 35.1 Å². The molecule has 1 aromatic carbocycles. The van der Waals surface area contributed by atoms with Crippen molar-refractivity contribution in [2.45, 2.75) is 15.0 Å². The molecule has 1 heterocycles. The van der Waals surface area contributed by atoms with E-state index in [1.807, 2.05) is 24.5 Å². The predicted octanol–water partition coefficient (Wildman–Crippen LogP) is 3.26. The van der Waals surface area contributed by atoms with Gasteiger partial charge in [0.2, 0.25) is 0 Å². The van der Waals surface area contributed by atoms with Crippen LogP contribution in [0.4, 0.5) is 0 Å². The first-order valence-electron chi connectivity index (χ1n) is 5.22. The lowest BCUT2D eigenvalue weighted by atomic mass is 10.2. The molecule has 0 saturated carbocycles. The quantitative estimate of drug-likeness (QED) is 0.860. The van der Waals surface area contributed by atoms with Crippen molar-refractivity contribution >= 4 is 41.0 Å². The Morgan fingerprint density at radius 1 is 1.39 bits per heavy atom. The summed E-state index contributed by atoms with van der Waals surface area (Å²) in [6.45, 7) is 0. The Hall–Kier alpha value is -0.980. The Kier molecular flexibility index (Phi) is 4.68. The number of nitrogens with two attached hydrogens (primary N) is 1. The number of benzene rings is 1. The summed E-state index contributed by atoms with van der Waals surface area (Å²) in [5.41, 5.74) is 7.19. The zero-order valence-electron chi connectivity index (χ0n) is 9.75. The summed E-state index contributed by atoms with van der Waals surface area (Å²) in [4.78, 5) is 11.4. The first kappa shape index (κ1) is 13.5. The van der Waals surface area contributed by atoms with Gasteiger partial charge in [0.25, 0.3) is 5.91 Å². The van der Waals surface area contributed by atoms with Gasteiger partial charge in [-0.3, -0.25) is 4.79 Å². The van der Waals surface area contributed by atoms with Crippen molar-refractivity contribution in [3.05, 3.63) is 41.5 Å². The van der Waals surface area contributed by atoms with Crippen molar-refractivity contribution in [1.29, 1.82) is 0 Å². The Morgan fingerprint density at radius 3 is 2.72 bits per heavy atom. The Bertz CT molecular complexity index is 540. The van der Waals surface area contributed by atoms with Crippen LogP contribution in [0.15, 0.2) is 39.6 Å². The highest BCUT2D eigenvalue weighted by molar-refractivity contribution is 8.01. The van der Waals surface area contributed by atoms with Crippen LogP contribution in [0, 0.1) is 0 Å². The van der Waals surface area contributed by atoms with Crippen molar-refractivity contribution in [2.75, 3.05) is 6.26 Å². The minimum absolute atomic E-state index is 0.399. The van der Waals surface area contributed by atoms with E-state index in [4.69, 9.17) is 5.73 Å². The van der Waals surface area contributed by atoms with Crippen molar-refractivity contribution < 1.29 is 4.79 Å². The van der Waals surface area contributed by atoms with E-state index in [0.29, 0.717) is 5.56 Å². The molecule has 1 aromatic heterocycles. The molecular formula is C12H12N2OS3. The summed E-state index contributed by atoms with van der Waals surface area (Å²) in [5, 5.41) is 0.725. The zero-order valence-corrected chi connectivity index (χ0v) is 12.2. The van der Waals surface area contributed by atoms with E-state index >= 15 is 0 Å². The van der Waals surface area contributed by atoms with E-state index < -0.39 is 5.91 Å². The van der Waals surface area contributed by atoms with Gasteiger partial charge in [-0.15, -0.1) is 23.5 Å². The summed E-state index contributed by atoms with van der Waals surface area (Å²) in [5.74, 6) is 0.417. The molecule has 0 fully saturated rings. The van der Waals surface area contributed by atoms with Crippen molar-refractivity contribution in [3.63, 3.8) is 0 Å². The highest BCUT2D eigenvalue weighted by atomic mass is 32.2. The molecule has 1 amide bonds. The minimum atomic E-state index is -0.399. The molecule has 6 heteroatoms. The molecule has 94 valence electrons. The van der Waals surface area contributed by atoms with Gasteiger partial charge in [-0.05, 0) is 23.4 Å². The van der Waals surface area contributed by atoms with Crippen molar-refractivity contribution in [1.82, 2.24) is 4.37 Å². The fourth-order valence-corrected chi connectivity index (χ4v) is 4.25. The second kappa shape index (κ2) is 6.26. The number of nitrogens with zero attached hydrogens (tertiary/aromatic N) is 1. The Morgan fingerprint density at radius 2 is 2.11 bits per heavy atom. The van der Waals surface area contributed by atoms with Gasteiger partial charge in [0.1, 0.15) is 5.03 Å². The van der Waals surface area contributed by atoms with Crippen LogP contribution < -0.4 is 5.73 Å². The van der Waals surface area contributed by atoms with E-state index in [2.05, 4.69) is 16.5 Å². The molecule has 18 heavy (non-hydrogen) atoms. The standard InChI is InChI=1S/C12H12N2OS3/c1-16-11-9(10(13)15)12(18-14-11)17-7-8-5-3-2-4-6-8/h2-6H,7H2,1H3,(H2,13,15). The molecule has 0 bridgehead atoms. The number of carbonyl (C=O) groups excluding carboxylic acids is 1. The zero-order chi connectivity index (χ0) is 13.0. The fourth-order valence-electron chi connectivity index (χ4n) is 1.43. The number of rotatable bonds is 5. The number of aromatic nitrogens is 1. The van der Waals surface area contributed by atoms with E-state index in [1.54, 1.807) is 11.8 Å². The first-order chi connectivity index (χ1) is 8.72. The Balaban J connectivity index is 2.15. The van der Waals surface area contributed by atoms with Gasteiger partial charge in [-0.2, -0.15) is 4.37 Å². The highest BCUT2D eigenvalue weighted by Gasteiger charge is 2.18. The molecule has 0 radical (unpaired) electrons. The molecule has 0 saturated heterocycles. The second-order valence-corrected chi connectivity index (χ2v) is 6.31. The van der Waals surface area contributed by atoms with E-state index in [1.165, 1.54) is 28.9 Å². The van der Waals surface area contributed by atoms with Gasteiger partial charge in [-0.25, -0.2) is 0 Å². The molecule has 2 N–H and O–H groups in total. The Labute approximate surface area is 118 Å². The van der Waals surface area contributed by atoms with E-state index in [0.717, 1.165) is 15.0 Å². The molecule has 2 rings (SSSR count). The average molecular weight is 296 g/mol. The maximum absolute atomic E-state index is 11.4. The first-order valence-corrected chi connectivity index (χ1v) is 8.21. The van der Waals surface area contributed by atoms with Gasteiger partial charge in [-0.1, -0.05) is 30.3 Å². The predicted molar refractivity (Wildman–Crippen MR) is 78.4 cm³/mol. The largest absolute Gasteiger partial charge is 0.365 e.